The van der Waals surface area contributed by atoms with Gasteiger partial charge in [-0.1, -0.05) is 29.3 Å². The third kappa shape index (κ3) is 3.76. The van der Waals surface area contributed by atoms with Gasteiger partial charge >= 0.3 is 16.3 Å². The van der Waals surface area contributed by atoms with E-state index in [1.165, 1.54) is 30.3 Å². The van der Waals surface area contributed by atoms with Crippen molar-refractivity contribution in [1.29, 1.82) is 0 Å². The van der Waals surface area contributed by atoms with E-state index in [2.05, 4.69) is 4.98 Å². The topological polar surface area (TPSA) is 56.3 Å². The second kappa shape index (κ2) is 6.44. The number of pyridine rings is 1. The summed E-state index contributed by atoms with van der Waals surface area (Å²) < 4.78 is 69.1. The summed E-state index contributed by atoms with van der Waals surface area (Å²) in [5.74, 6) is -0.495. The highest BCUT2D eigenvalue weighted by Crippen LogP contribution is 2.36. The van der Waals surface area contributed by atoms with Crippen molar-refractivity contribution < 1.29 is 25.8 Å². The Kier molecular flexibility index (Phi) is 4.58. The van der Waals surface area contributed by atoms with Crippen molar-refractivity contribution in [3.63, 3.8) is 0 Å². The molecule has 0 saturated heterocycles. The van der Waals surface area contributed by atoms with Crippen LogP contribution >= 0.6 is 11.6 Å². The maximum atomic E-state index is 13.1. The van der Waals surface area contributed by atoms with Crippen LogP contribution in [0.15, 0.2) is 53.4 Å². The van der Waals surface area contributed by atoms with Crippen LogP contribution in [0.5, 0.6) is 5.75 Å². The molecule has 136 valence electrons. The molecule has 0 N–H and O–H groups in total. The molecule has 0 aliphatic rings. The average molecular weight is 402 g/mol. The van der Waals surface area contributed by atoms with Crippen molar-refractivity contribution >= 4 is 32.6 Å². The molecule has 0 saturated carbocycles. The lowest BCUT2D eigenvalue weighted by atomic mass is 10.2. The third-order valence-electron chi connectivity index (χ3n) is 3.53. The first-order valence-corrected chi connectivity index (χ1v) is 9.03. The summed E-state index contributed by atoms with van der Waals surface area (Å²) in [5, 5.41) is 0.262. The van der Waals surface area contributed by atoms with Crippen LogP contribution in [-0.2, 0) is 16.3 Å². The van der Waals surface area contributed by atoms with Gasteiger partial charge in [0.1, 0.15) is 10.6 Å². The molecule has 4 nitrogen and oxygen atoms in total. The molecule has 2 aromatic carbocycles. The first kappa shape index (κ1) is 18.5. The van der Waals surface area contributed by atoms with Gasteiger partial charge in [0, 0.05) is 16.5 Å². The largest absolute Gasteiger partial charge is 0.433 e. The van der Waals surface area contributed by atoms with Crippen molar-refractivity contribution in [2.24, 2.45) is 0 Å². The van der Waals surface area contributed by atoms with Crippen LogP contribution in [-0.4, -0.2) is 13.4 Å². The maximum Gasteiger partial charge on any atom is 0.433 e. The molecule has 0 aliphatic carbocycles. The molecule has 1 aromatic heterocycles. The summed E-state index contributed by atoms with van der Waals surface area (Å²) >= 11 is 5.87. The summed E-state index contributed by atoms with van der Waals surface area (Å²) in [6.07, 6.45) is -4.76. The van der Waals surface area contributed by atoms with E-state index in [0.29, 0.717) is 6.07 Å². The highest BCUT2D eigenvalue weighted by molar-refractivity contribution is 7.87. The number of alkyl halides is 3. The number of benzene rings is 2. The van der Waals surface area contributed by atoms with Crippen molar-refractivity contribution in [2.45, 2.75) is 18.0 Å². The number of halogens is 4. The van der Waals surface area contributed by atoms with E-state index in [0.717, 1.165) is 5.56 Å². The minimum atomic E-state index is -4.76. The SMILES string of the molecule is Cc1ccc(S(=O)(=O)Oc2cc(C(F)(F)F)nc3ccc(Cl)cc23)cc1. The fraction of sp³-hybridized carbons (Fsp3) is 0.118. The van der Waals surface area contributed by atoms with Crippen LogP contribution < -0.4 is 4.18 Å². The number of hydrogen-bond acceptors (Lipinski definition) is 4. The molecule has 0 spiro atoms. The van der Waals surface area contributed by atoms with Gasteiger partial charge in [-0.3, -0.25) is 0 Å². The lowest BCUT2D eigenvalue weighted by Crippen LogP contribution is -2.13. The van der Waals surface area contributed by atoms with Gasteiger partial charge < -0.3 is 4.18 Å². The molecule has 0 atom stereocenters. The van der Waals surface area contributed by atoms with Gasteiger partial charge in [-0.15, -0.1) is 0 Å². The number of hydrogen-bond donors (Lipinski definition) is 0. The third-order valence-corrected chi connectivity index (χ3v) is 5.02. The van der Waals surface area contributed by atoms with Crippen molar-refractivity contribution in [2.75, 3.05) is 0 Å². The molecule has 0 unspecified atom stereocenters. The predicted octanol–water partition coefficient (Wildman–Crippen LogP) is 4.98. The molecule has 3 aromatic rings. The zero-order valence-electron chi connectivity index (χ0n) is 13.2. The Labute approximate surface area is 152 Å². The zero-order valence-corrected chi connectivity index (χ0v) is 14.8. The van der Waals surface area contributed by atoms with Gasteiger partial charge in [-0.25, -0.2) is 4.98 Å². The van der Waals surface area contributed by atoms with Gasteiger partial charge in [-0.05, 0) is 37.3 Å². The normalized spacial score (nSPS) is 12.3. The number of aryl methyl sites for hydroxylation is 1. The molecule has 9 heteroatoms. The number of rotatable bonds is 3. The lowest BCUT2D eigenvalue weighted by Gasteiger charge is -2.13. The predicted molar refractivity (Wildman–Crippen MR) is 90.7 cm³/mol. The van der Waals surface area contributed by atoms with E-state index in [9.17, 15) is 21.6 Å². The molecule has 0 aliphatic heterocycles. The van der Waals surface area contributed by atoms with Crippen LogP contribution in [0.1, 0.15) is 11.3 Å². The van der Waals surface area contributed by atoms with Crippen LogP contribution in [0.2, 0.25) is 5.02 Å². The first-order valence-electron chi connectivity index (χ1n) is 7.25. The Morgan fingerprint density at radius 3 is 2.31 bits per heavy atom. The summed E-state index contributed by atoms with van der Waals surface area (Å²) in [6, 6.07) is 10.2. The molecular formula is C17H11ClF3NO3S. The first-order chi connectivity index (χ1) is 12.1. The molecular weight excluding hydrogens is 391 g/mol. The smallest absolute Gasteiger partial charge is 0.378 e. The fourth-order valence-corrected chi connectivity index (χ4v) is 3.36. The average Bonchev–Trinajstić information content (AvgIpc) is 2.54. The Morgan fingerprint density at radius 2 is 1.69 bits per heavy atom. The van der Waals surface area contributed by atoms with E-state index in [1.807, 2.05) is 0 Å². The number of aromatic nitrogens is 1. The van der Waals surface area contributed by atoms with Crippen molar-refractivity contribution in [3.05, 3.63) is 64.8 Å². The molecule has 26 heavy (non-hydrogen) atoms. The van der Waals surface area contributed by atoms with Gasteiger partial charge in [0.25, 0.3) is 0 Å². The highest BCUT2D eigenvalue weighted by atomic mass is 35.5. The standard InChI is InChI=1S/C17H11ClF3NO3S/c1-10-2-5-12(6-3-10)26(23,24)25-15-9-16(17(19,20)21)22-14-7-4-11(18)8-13(14)15/h2-9H,1H3. The Bertz CT molecular complexity index is 1080. The van der Waals surface area contributed by atoms with Crippen LogP contribution in [0, 0.1) is 6.92 Å². The lowest BCUT2D eigenvalue weighted by molar-refractivity contribution is -0.141. The summed E-state index contributed by atoms with van der Waals surface area (Å²) in [4.78, 5) is 3.33. The quantitative estimate of drug-likeness (QED) is 0.580. The molecule has 1 heterocycles. The fourth-order valence-electron chi connectivity index (χ4n) is 2.25. The Morgan fingerprint density at radius 1 is 1.04 bits per heavy atom. The molecule has 3 rings (SSSR count). The second-order valence-electron chi connectivity index (χ2n) is 5.52. The maximum absolute atomic E-state index is 13.1. The van der Waals surface area contributed by atoms with Crippen LogP contribution in [0.4, 0.5) is 13.2 Å². The summed E-state index contributed by atoms with van der Waals surface area (Å²) in [7, 11) is -4.33. The minimum Gasteiger partial charge on any atom is -0.378 e. The number of fused-ring (bicyclic) bond motifs is 1. The molecule has 0 radical (unpaired) electrons. The van der Waals surface area contributed by atoms with E-state index >= 15 is 0 Å². The second-order valence-corrected chi connectivity index (χ2v) is 7.50. The van der Waals surface area contributed by atoms with E-state index in [4.69, 9.17) is 15.8 Å². The summed E-state index contributed by atoms with van der Waals surface area (Å²) in [6.45, 7) is 1.77. The van der Waals surface area contributed by atoms with E-state index in [-0.39, 0.29) is 20.8 Å². The minimum absolute atomic E-state index is 0.0567. The van der Waals surface area contributed by atoms with Crippen molar-refractivity contribution in [3.8, 4) is 5.75 Å². The molecule has 0 fully saturated rings. The molecule has 0 amide bonds. The monoisotopic (exact) mass is 401 g/mol. The van der Waals surface area contributed by atoms with Gasteiger partial charge in [0.05, 0.1) is 5.52 Å². The van der Waals surface area contributed by atoms with Crippen LogP contribution in [0.3, 0.4) is 0 Å². The van der Waals surface area contributed by atoms with Crippen molar-refractivity contribution in [1.82, 2.24) is 4.98 Å². The Hall–Kier alpha value is -2.32. The van der Waals surface area contributed by atoms with E-state index < -0.39 is 27.7 Å². The molecule has 0 bridgehead atoms. The highest BCUT2D eigenvalue weighted by Gasteiger charge is 2.34. The summed E-state index contributed by atoms with van der Waals surface area (Å²) in [5.41, 5.74) is -0.524. The van der Waals surface area contributed by atoms with Gasteiger partial charge in [0.2, 0.25) is 0 Å². The van der Waals surface area contributed by atoms with Crippen LogP contribution in [0.25, 0.3) is 10.9 Å². The van der Waals surface area contributed by atoms with Gasteiger partial charge in [-0.2, -0.15) is 21.6 Å². The zero-order chi connectivity index (χ0) is 19.1. The van der Waals surface area contributed by atoms with E-state index in [1.54, 1.807) is 19.1 Å². The number of nitrogens with zero attached hydrogens (tertiary/aromatic N) is 1. The Balaban J connectivity index is 2.16. The van der Waals surface area contributed by atoms with Gasteiger partial charge in [0.15, 0.2) is 5.75 Å².